The van der Waals surface area contributed by atoms with Crippen LogP contribution in [0.2, 0.25) is 5.02 Å². The quantitative estimate of drug-likeness (QED) is 0.214. The van der Waals surface area contributed by atoms with E-state index < -0.39 is 5.97 Å². The van der Waals surface area contributed by atoms with Gasteiger partial charge < -0.3 is 9.47 Å². The Morgan fingerprint density at radius 2 is 1.16 bits per heavy atom. The van der Waals surface area contributed by atoms with E-state index in [-0.39, 0.29) is 19.2 Å². The molecular weight excluding hydrogens is 584 g/mol. The summed E-state index contributed by atoms with van der Waals surface area (Å²) in [5.74, 6) is 0.193. The van der Waals surface area contributed by atoms with Crippen LogP contribution in [0.25, 0.3) is 22.8 Å². The summed E-state index contributed by atoms with van der Waals surface area (Å²) in [5.41, 5.74) is 5.45. The van der Waals surface area contributed by atoms with Crippen molar-refractivity contribution < 1.29 is 19.1 Å². The number of ether oxygens (including phenoxy) is 2. The highest BCUT2D eigenvalue weighted by molar-refractivity contribution is 6.30. The van der Waals surface area contributed by atoms with Crippen molar-refractivity contribution in [3.05, 3.63) is 130 Å². The minimum Gasteiger partial charge on any atom is -0.457 e. The second-order valence-corrected chi connectivity index (χ2v) is 9.83. The Bertz CT molecular complexity index is 1790. The van der Waals surface area contributed by atoms with Crippen LogP contribution >= 0.6 is 11.6 Å². The maximum atomic E-state index is 12.0. The molecular formula is C31H25ClN8O4. The Morgan fingerprint density at radius 1 is 0.659 bits per heavy atom. The van der Waals surface area contributed by atoms with Gasteiger partial charge >= 0.3 is 11.9 Å². The average Bonchev–Trinajstić information content (AvgIpc) is 3.80. The number of aryl methyl sites for hydroxylation is 1. The molecule has 0 aliphatic carbocycles. The third-order valence-corrected chi connectivity index (χ3v) is 6.43. The molecule has 44 heavy (non-hydrogen) atoms. The van der Waals surface area contributed by atoms with E-state index in [0.717, 1.165) is 22.3 Å². The first-order valence-electron chi connectivity index (χ1n) is 13.3. The number of hydrogen-bond acceptors (Lipinski definition) is 10. The number of nitrogens with zero attached hydrogens (tertiary/aromatic N) is 6. The molecule has 0 saturated carbocycles. The number of hydrogen-bond donors (Lipinski definition) is 2. The molecule has 0 unspecified atom stereocenters. The zero-order valence-electron chi connectivity index (χ0n) is 23.3. The summed E-state index contributed by atoms with van der Waals surface area (Å²) in [6, 6.07) is 28.7. The number of carbonyl (C=O) groups excluding carboxylic acids is 2. The molecule has 0 spiro atoms. The molecule has 0 aliphatic rings. The van der Waals surface area contributed by atoms with Crippen molar-refractivity contribution in [1.82, 2.24) is 41.2 Å². The molecule has 6 rings (SSSR count). The third-order valence-electron chi connectivity index (χ3n) is 6.20. The van der Waals surface area contributed by atoms with Crippen molar-refractivity contribution in [2.75, 3.05) is 0 Å². The first-order chi connectivity index (χ1) is 21.4. The van der Waals surface area contributed by atoms with Crippen LogP contribution in [0.3, 0.4) is 0 Å². The predicted molar refractivity (Wildman–Crippen MR) is 160 cm³/mol. The Hall–Kier alpha value is -5.75. The summed E-state index contributed by atoms with van der Waals surface area (Å²) in [4.78, 5) is 24.0. The molecule has 0 saturated heterocycles. The number of rotatable bonds is 8. The number of tetrazole rings is 2. The van der Waals surface area contributed by atoms with Gasteiger partial charge in [0, 0.05) is 16.1 Å². The predicted octanol–water partition coefficient (Wildman–Crippen LogP) is 5.41. The van der Waals surface area contributed by atoms with Gasteiger partial charge in [0.1, 0.15) is 13.2 Å². The highest BCUT2D eigenvalue weighted by atomic mass is 35.5. The summed E-state index contributed by atoms with van der Waals surface area (Å²) in [5, 5.41) is 27.9. The van der Waals surface area contributed by atoms with Crippen LogP contribution in [0.15, 0.2) is 97.1 Å². The molecule has 2 heterocycles. The van der Waals surface area contributed by atoms with E-state index in [1.807, 2.05) is 43.3 Å². The highest BCUT2D eigenvalue weighted by Crippen LogP contribution is 2.17. The maximum Gasteiger partial charge on any atom is 0.338 e. The Morgan fingerprint density at radius 3 is 1.61 bits per heavy atom. The monoisotopic (exact) mass is 608 g/mol. The molecule has 0 amide bonds. The average molecular weight is 609 g/mol. The molecule has 0 radical (unpaired) electrons. The van der Waals surface area contributed by atoms with Crippen molar-refractivity contribution in [3.63, 3.8) is 0 Å². The molecule has 4 aromatic carbocycles. The van der Waals surface area contributed by atoms with Gasteiger partial charge in [0.05, 0.1) is 11.1 Å². The van der Waals surface area contributed by atoms with E-state index in [1.54, 1.807) is 60.7 Å². The third kappa shape index (κ3) is 8.17. The summed E-state index contributed by atoms with van der Waals surface area (Å²) < 4.78 is 10.5. The van der Waals surface area contributed by atoms with E-state index in [9.17, 15) is 9.59 Å². The molecule has 0 aliphatic heterocycles. The molecule has 2 N–H and O–H groups in total. The SMILES string of the molecule is Cc1ccc(COC(=O)c2ccc(-c3nn[nH]n3)cc2)cc1.O=C(OCc1cccc(Cl)c1)c1ccc(-c2nn[nH]n2)cc1. The lowest BCUT2D eigenvalue weighted by molar-refractivity contribution is 0.0464. The molecule has 2 aromatic heterocycles. The summed E-state index contributed by atoms with van der Waals surface area (Å²) in [6.07, 6.45) is 0. The van der Waals surface area contributed by atoms with Gasteiger partial charge in [0.15, 0.2) is 0 Å². The first kappa shape index (κ1) is 29.7. The molecule has 6 aromatic rings. The topological polar surface area (TPSA) is 162 Å². The van der Waals surface area contributed by atoms with Crippen molar-refractivity contribution in [3.8, 4) is 22.8 Å². The lowest BCUT2D eigenvalue weighted by Gasteiger charge is -2.05. The van der Waals surface area contributed by atoms with Crippen LogP contribution in [-0.4, -0.2) is 53.2 Å². The minimum absolute atomic E-state index is 0.173. The number of esters is 2. The van der Waals surface area contributed by atoms with Crippen molar-refractivity contribution in [2.24, 2.45) is 0 Å². The lowest BCUT2D eigenvalue weighted by Crippen LogP contribution is -2.05. The number of H-pyrrole nitrogens is 2. The summed E-state index contributed by atoms with van der Waals surface area (Å²) >= 11 is 5.88. The zero-order valence-corrected chi connectivity index (χ0v) is 24.1. The standard InChI is InChI=1S/C16H14N4O2.C15H11ClN4O2/c1-11-2-4-12(5-3-11)10-22-16(21)14-8-6-13(7-9-14)15-17-19-20-18-15;16-13-3-1-2-10(8-13)9-22-15(21)12-6-4-11(5-7-12)14-17-19-20-18-14/h2-9H,10H2,1H3,(H,17,18,19,20);1-8H,9H2,(H,17,18,19,20). The number of aromatic amines is 2. The maximum absolute atomic E-state index is 12.0. The smallest absolute Gasteiger partial charge is 0.338 e. The number of benzene rings is 4. The van der Waals surface area contributed by atoms with E-state index in [2.05, 4.69) is 41.2 Å². The Labute approximate surface area is 256 Å². The lowest BCUT2D eigenvalue weighted by atomic mass is 10.1. The van der Waals surface area contributed by atoms with Crippen molar-refractivity contribution >= 4 is 23.5 Å². The van der Waals surface area contributed by atoms with E-state index in [4.69, 9.17) is 21.1 Å². The van der Waals surface area contributed by atoms with Gasteiger partial charge in [-0.15, -0.1) is 20.4 Å². The Balaban J connectivity index is 0.000000175. The van der Waals surface area contributed by atoms with Gasteiger partial charge in [-0.3, -0.25) is 0 Å². The van der Waals surface area contributed by atoms with Crippen LogP contribution in [0.4, 0.5) is 0 Å². The number of carbonyl (C=O) groups is 2. The second kappa shape index (κ2) is 14.4. The van der Waals surface area contributed by atoms with Crippen LogP contribution in [-0.2, 0) is 22.7 Å². The number of aromatic nitrogens is 8. The molecule has 0 atom stereocenters. The van der Waals surface area contributed by atoms with Crippen LogP contribution in [0, 0.1) is 6.92 Å². The molecule has 13 heteroatoms. The van der Waals surface area contributed by atoms with Gasteiger partial charge in [0.2, 0.25) is 11.6 Å². The summed E-state index contributed by atoms with van der Waals surface area (Å²) in [7, 11) is 0. The zero-order chi connectivity index (χ0) is 30.7. The molecule has 220 valence electrons. The normalized spacial score (nSPS) is 10.4. The van der Waals surface area contributed by atoms with Gasteiger partial charge in [-0.05, 0) is 64.9 Å². The Kier molecular flexibility index (Phi) is 9.75. The van der Waals surface area contributed by atoms with Gasteiger partial charge in [-0.25, -0.2) is 9.59 Å². The van der Waals surface area contributed by atoms with Gasteiger partial charge in [-0.2, -0.15) is 10.4 Å². The summed E-state index contributed by atoms with van der Waals surface area (Å²) in [6.45, 7) is 2.44. The fourth-order valence-electron chi connectivity index (χ4n) is 3.85. The fourth-order valence-corrected chi connectivity index (χ4v) is 4.07. The van der Waals surface area contributed by atoms with Crippen LogP contribution in [0.1, 0.15) is 37.4 Å². The molecule has 12 nitrogen and oxygen atoms in total. The van der Waals surface area contributed by atoms with Gasteiger partial charge in [-0.1, -0.05) is 77.8 Å². The second-order valence-electron chi connectivity index (χ2n) is 9.39. The van der Waals surface area contributed by atoms with E-state index >= 15 is 0 Å². The molecule has 0 bridgehead atoms. The van der Waals surface area contributed by atoms with Gasteiger partial charge in [0.25, 0.3) is 0 Å². The first-order valence-corrected chi connectivity index (χ1v) is 13.6. The van der Waals surface area contributed by atoms with Crippen LogP contribution in [0.5, 0.6) is 0 Å². The van der Waals surface area contributed by atoms with Crippen molar-refractivity contribution in [2.45, 2.75) is 20.1 Å². The molecule has 0 fully saturated rings. The van der Waals surface area contributed by atoms with E-state index in [0.29, 0.717) is 27.8 Å². The number of nitrogens with one attached hydrogen (secondary N) is 2. The van der Waals surface area contributed by atoms with E-state index in [1.165, 1.54) is 5.56 Å². The highest BCUT2D eigenvalue weighted by Gasteiger charge is 2.11. The fraction of sp³-hybridized carbons (Fsp3) is 0.0968. The minimum atomic E-state index is -0.403. The number of halogens is 1. The largest absolute Gasteiger partial charge is 0.457 e. The van der Waals surface area contributed by atoms with Crippen LogP contribution < -0.4 is 0 Å². The van der Waals surface area contributed by atoms with Crippen molar-refractivity contribution in [1.29, 1.82) is 0 Å².